The maximum Gasteiger partial charge on any atom is 0.587 e. The Morgan fingerprint density at radius 1 is 0.875 bits per heavy atom. The maximum absolute atomic E-state index is 13.0. The summed E-state index contributed by atoms with van der Waals surface area (Å²) in [7, 11) is -3.73. The predicted octanol–water partition coefficient (Wildman–Crippen LogP) is 5.80. The molecule has 0 aliphatic carbocycles. The Morgan fingerprint density at radius 2 is 1.42 bits per heavy atom. The standard InChI is InChI=1S/C18H23O4PS/c1-2-3-15-24-16-14-20-23(19,21-17-10-6-4-7-11-17)22-18-12-8-5-9-13-18/h4-13H,2-3,14-16H2,1H3. The van der Waals surface area contributed by atoms with Gasteiger partial charge in [0.15, 0.2) is 0 Å². The molecule has 24 heavy (non-hydrogen) atoms. The third-order valence-corrected chi connectivity index (χ3v) is 5.44. The van der Waals surface area contributed by atoms with Gasteiger partial charge in [-0.15, -0.1) is 0 Å². The number of rotatable bonds is 11. The minimum absolute atomic E-state index is 0.311. The van der Waals surface area contributed by atoms with Crippen LogP contribution in [-0.2, 0) is 9.09 Å². The molecule has 0 spiro atoms. The molecular formula is C18H23O4PS. The van der Waals surface area contributed by atoms with Gasteiger partial charge in [0.25, 0.3) is 0 Å². The second-order valence-corrected chi connectivity index (χ2v) is 7.80. The molecule has 4 nitrogen and oxygen atoms in total. The molecule has 0 bridgehead atoms. The highest BCUT2D eigenvalue weighted by Crippen LogP contribution is 2.49. The van der Waals surface area contributed by atoms with E-state index in [1.165, 1.54) is 12.8 Å². The third kappa shape index (κ3) is 7.00. The number of phosphoric ester groups is 1. The lowest BCUT2D eigenvalue weighted by Gasteiger charge is -2.19. The van der Waals surface area contributed by atoms with Crippen LogP contribution < -0.4 is 9.05 Å². The minimum atomic E-state index is -3.73. The molecule has 130 valence electrons. The first-order chi connectivity index (χ1) is 11.7. The molecule has 0 saturated heterocycles. The maximum atomic E-state index is 13.0. The normalized spacial score (nSPS) is 11.2. The molecule has 0 N–H and O–H groups in total. The van der Waals surface area contributed by atoms with E-state index in [9.17, 15) is 4.57 Å². The molecule has 2 aromatic carbocycles. The molecule has 0 radical (unpaired) electrons. The molecule has 0 aliphatic rings. The molecule has 0 amide bonds. The van der Waals surface area contributed by atoms with Crippen LogP contribution in [0.25, 0.3) is 0 Å². The fourth-order valence-electron chi connectivity index (χ4n) is 1.85. The quantitative estimate of drug-likeness (QED) is 0.371. The Balaban J connectivity index is 1.96. The molecule has 0 atom stereocenters. The van der Waals surface area contributed by atoms with Crippen molar-refractivity contribution >= 4 is 19.6 Å². The van der Waals surface area contributed by atoms with Gasteiger partial charge < -0.3 is 9.05 Å². The van der Waals surface area contributed by atoms with E-state index in [-0.39, 0.29) is 0 Å². The summed E-state index contributed by atoms with van der Waals surface area (Å²) >= 11 is 1.77. The van der Waals surface area contributed by atoms with Crippen molar-refractivity contribution in [1.29, 1.82) is 0 Å². The summed E-state index contributed by atoms with van der Waals surface area (Å²) in [5.41, 5.74) is 0. The lowest BCUT2D eigenvalue weighted by Crippen LogP contribution is -2.07. The van der Waals surface area contributed by atoms with E-state index in [1.54, 1.807) is 36.0 Å². The van der Waals surface area contributed by atoms with Crippen LogP contribution in [0.15, 0.2) is 60.7 Å². The zero-order chi connectivity index (χ0) is 17.1. The number of hydrogen-bond donors (Lipinski definition) is 0. The number of unbranched alkanes of at least 4 members (excludes halogenated alkanes) is 1. The van der Waals surface area contributed by atoms with E-state index in [2.05, 4.69) is 6.92 Å². The second kappa shape index (κ2) is 10.4. The highest BCUT2D eigenvalue weighted by atomic mass is 32.2. The van der Waals surface area contributed by atoms with Crippen LogP contribution in [0.3, 0.4) is 0 Å². The highest BCUT2D eigenvalue weighted by molar-refractivity contribution is 7.99. The van der Waals surface area contributed by atoms with Crippen molar-refractivity contribution in [2.45, 2.75) is 19.8 Å². The van der Waals surface area contributed by atoms with Gasteiger partial charge in [0.2, 0.25) is 0 Å². The first-order valence-corrected chi connectivity index (χ1v) is 10.6. The largest absolute Gasteiger partial charge is 0.587 e. The number of para-hydroxylation sites is 2. The van der Waals surface area contributed by atoms with Gasteiger partial charge in [-0.1, -0.05) is 49.7 Å². The van der Waals surface area contributed by atoms with E-state index in [0.717, 1.165) is 11.5 Å². The van der Waals surface area contributed by atoms with E-state index in [0.29, 0.717) is 18.1 Å². The highest BCUT2D eigenvalue weighted by Gasteiger charge is 2.30. The number of thioether (sulfide) groups is 1. The van der Waals surface area contributed by atoms with E-state index in [1.807, 2.05) is 36.4 Å². The van der Waals surface area contributed by atoms with Gasteiger partial charge in [-0.25, -0.2) is 4.57 Å². The average Bonchev–Trinajstić information content (AvgIpc) is 2.60. The first-order valence-electron chi connectivity index (χ1n) is 8.03. The van der Waals surface area contributed by atoms with Gasteiger partial charge >= 0.3 is 7.82 Å². The fraction of sp³-hybridized carbons (Fsp3) is 0.333. The van der Waals surface area contributed by atoms with Crippen molar-refractivity contribution in [3.05, 3.63) is 60.7 Å². The Kier molecular flexibility index (Phi) is 8.23. The number of hydrogen-bond acceptors (Lipinski definition) is 5. The Morgan fingerprint density at radius 3 is 1.92 bits per heavy atom. The lowest BCUT2D eigenvalue weighted by molar-refractivity contribution is 0.221. The van der Waals surface area contributed by atoms with Gasteiger partial charge in [0.1, 0.15) is 11.5 Å². The van der Waals surface area contributed by atoms with Gasteiger partial charge in [-0.05, 0) is 36.4 Å². The van der Waals surface area contributed by atoms with Crippen molar-refractivity contribution in [2.75, 3.05) is 18.1 Å². The van der Waals surface area contributed by atoms with Crippen LogP contribution >= 0.6 is 19.6 Å². The van der Waals surface area contributed by atoms with Crippen molar-refractivity contribution in [3.8, 4) is 11.5 Å². The van der Waals surface area contributed by atoms with Crippen LogP contribution in [0.4, 0.5) is 0 Å². The van der Waals surface area contributed by atoms with Crippen molar-refractivity contribution < 1.29 is 18.1 Å². The molecule has 0 fully saturated rings. The lowest BCUT2D eigenvalue weighted by atomic mass is 10.3. The topological polar surface area (TPSA) is 44.8 Å². The fourth-order valence-corrected chi connectivity index (χ4v) is 4.09. The van der Waals surface area contributed by atoms with Gasteiger partial charge in [-0.3, -0.25) is 4.52 Å². The summed E-state index contributed by atoms with van der Waals surface area (Å²) in [5.74, 6) is 2.73. The van der Waals surface area contributed by atoms with Gasteiger partial charge in [-0.2, -0.15) is 11.8 Å². The Labute approximate surface area is 148 Å². The number of benzene rings is 2. The van der Waals surface area contributed by atoms with Crippen LogP contribution in [-0.4, -0.2) is 18.1 Å². The SMILES string of the molecule is CCCCSCCOP(=O)(Oc1ccccc1)Oc1ccccc1. The minimum Gasteiger partial charge on any atom is -0.395 e. The summed E-state index contributed by atoms with van der Waals surface area (Å²) in [4.78, 5) is 0. The Bertz CT molecular complexity index is 576. The molecule has 0 unspecified atom stereocenters. The average molecular weight is 366 g/mol. The second-order valence-electron chi connectivity index (χ2n) is 5.06. The zero-order valence-corrected chi connectivity index (χ0v) is 15.5. The van der Waals surface area contributed by atoms with E-state index >= 15 is 0 Å². The van der Waals surface area contributed by atoms with E-state index < -0.39 is 7.82 Å². The predicted molar refractivity (Wildman–Crippen MR) is 99.9 cm³/mol. The number of phosphoric acid groups is 1. The molecule has 0 saturated carbocycles. The van der Waals surface area contributed by atoms with Crippen LogP contribution in [0.2, 0.25) is 0 Å². The van der Waals surface area contributed by atoms with Gasteiger partial charge in [0.05, 0.1) is 6.61 Å². The Hall–Kier alpha value is -1.42. The smallest absolute Gasteiger partial charge is 0.395 e. The molecule has 0 aliphatic heterocycles. The van der Waals surface area contributed by atoms with Crippen LogP contribution in [0.5, 0.6) is 11.5 Å². The molecule has 0 heterocycles. The van der Waals surface area contributed by atoms with Crippen LogP contribution in [0.1, 0.15) is 19.8 Å². The zero-order valence-electron chi connectivity index (χ0n) is 13.8. The summed E-state index contributed by atoms with van der Waals surface area (Å²) < 4.78 is 29.5. The van der Waals surface area contributed by atoms with Crippen molar-refractivity contribution in [3.63, 3.8) is 0 Å². The molecule has 6 heteroatoms. The van der Waals surface area contributed by atoms with Crippen molar-refractivity contribution in [2.24, 2.45) is 0 Å². The molecule has 0 aromatic heterocycles. The summed E-state index contributed by atoms with van der Waals surface area (Å²) in [5, 5.41) is 0. The summed E-state index contributed by atoms with van der Waals surface area (Å²) in [6.45, 7) is 2.47. The van der Waals surface area contributed by atoms with Gasteiger partial charge in [0, 0.05) is 5.75 Å². The monoisotopic (exact) mass is 366 g/mol. The molecule has 2 rings (SSSR count). The first kappa shape index (κ1) is 18.9. The third-order valence-electron chi connectivity index (χ3n) is 3.04. The van der Waals surface area contributed by atoms with E-state index in [4.69, 9.17) is 13.6 Å². The summed E-state index contributed by atoms with van der Waals surface area (Å²) in [6, 6.07) is 17.8. The molecular weight excluding hydrogens is 343 g/mol. The van der Waals surface area contributed by atoms with Crippen LogP contribution in [0, 0.1) is 0 Å². The van der Waals surface area contributed by atoms with Crippen molar-refractivity contribution in [1.82, 2.24) is 0 Å². The summed E-state index contributed by atoms with van der Waals surface area (Å²) in [6.07, 6.45) is 2.34. The molecule has 2 aromatic rings.